The summed E-state index contributed by atoms with van der Waals surface area (Å²) in [6.07, 6.45) is 4.62. The number of fused-ring (bicyclic) bond motifs is 1. The van der Waals surface area contributed by atoms with Crippen LogP contribution in [0.1, 0.15) is 17.6 Å². The van der Waals surface area contributed by atoms with Crippen LogP contribution in [0.4, 0.5) is 11.5 Å². The molecule has 6 nitrogen and oxygen atoms in total. The molecule has 0 aliphatic carbocycles. The molecule has 1 aliphatic heterocycles. The van der Waals surface area contributed by atoms with Crippen molar-refractivity contribution in [2.75, 3.05) is 36.0 Å². The molecule has 4 heterocycles. The van der Waals surface area contributed by atoms with E-state index in [1.165, 1.54) is 10.3 Å². The first-order valence-corrected chi connectivity index (χ1v) is 9.10. The highest BCUT2D eigenvalue weighted by Crippen LogP contribution is 2.32. The lowest BCUT2D eigenvalue weighted by atomic mass is 10.2. The van der Waals surface area contributed by atoms with Crippen molar-refractivity contribution in [1.29, 1.82) is 0 Å². The SMILES string of the molecule is CCc1cc2c(N3CCN(c4ccnnc4)CC3)nc(C)nc2s1. The number of hydrogen-bond donors (Lipinski definition) is 0. The van der Waals surface area contributed by atoms with Gasteiger partial charge in [-0.2, -0.15) is 10.2 Å². The average molecular weight is 340 g/mol. The largest absolute Gasteiger partial charge is 0.367 e. The van der Waals surface area contributed by atoms with Gasteiger partial charge in [-0.05, 0) is 25.5 Å². The lowest BCUT2D eigenvalue weighted by molar-refractivity contribution is 0.646. The zero-order valence-corrected chi connectivity index (χ0v) is 14.8. The van der Waals surface area contributed by atoms with Crippen LogP contribution in [-0.2, 0) is 6.42 Å². The summed E-state index contributed by atoms with van der Waals surface area (Å²) >= 11 is 1.78. The average Bonchev–Trinajstić information content (AvgIpc) is 3.05. The Morgan fingerprint density at radius 3 is 2.58 bits per heavy atom. The molecule has 0 N–H and O–H groups in total. The molecule has 0 saturated carbocycles. The van der Waals surface area contributed by atoms with Gasteiger partial charge in [0, 0.05) is 31.1 Å². The summed E-state index contributed by atoms with van der Waals surface area (Å²) in [5, 5.41) is 9.03. The Hall–Kier alpha value is -2.28. The highest BCUT2D eigenvalue weighted by molar-refractivity contribution is 7.18. The van der Waals surface area contributed by atoms with E-state index >= 15 is 0 Å². The predicted octanol–water partition coefficient (Wildman–Crippen LogP) is 2.68. The summed E-state index contributed by atoms with van der Waals surface area (Å²) in [7, 11) is 0. The second-order valence-corrected chi connectivity index (χ2v) is 7.07. The third-order valence-corrected chi connectivity index (χ3v) is 5.57. The molecular formula is C17H20N6S. The van der Waals surface area contributed by atoms with Gasteiger partial charge in [-0.3, -0.25) is 0 Å². The lowest BCUT2D eigenvalue weighted by Gasteiger charge is -2.36. The summed E-state index contributed by atoms with van der Waals surface area (Å²) in [6.45, 7) is 7.98. The number of rotatable bonds is 3. The molecule has 0 atom stereocenters. The molecule has 4 rings (SSSR count). The van der Waals surface area contributed by atoms with E-state index in [0.29, 0.717) is 0 Å². The van der Waals surface area contributed by atoms with Crippen LogP contribution in [0.3, 0.4) is 0 Å². The molecule has 0 radical (unpaired) electrons. The number of piperazine rings is 1. The Morgan fingerprint density at radius 2 is 1.88 bits per heavy atom. The second-order valence-electron chi connectivity index (χ2n) is 5.95. The summed E-state index contributed by atoms with van der Waals surface area (Å²) in [5.41, 5.74) is 1.14. The van der Waals surface area contributed by atoms with Crippen LogP contribution in [0.15, 0.2) is 24.5 Å². The van der Waals surface area contributed by atoms with Crippen molar-refractivity contribution >= 4 is 33.1 Å². The van der Waals surface area contributed by atoms with Gasteiger partial charge in [0.05, 0.1) is 23.5 Å². The van der Waals surface area contributed by atoms with Crippen LogP contribution in [-0.4, -0.2) is 46.3 Å². The highest BCUT2D eigenvalue weighted by atomic mass is 32.1. The molecule has 3 aromatic heterocycles. The van der Waals surface area contributed by atoms with Crippen LogP contribution in [0.2, 0.25) is 0 Å². The van der Waals surface area contributed by atoms with Crippen molar-refractivity contribution in [3.63, 3.8) is 0 Å². The van der Waals surface area contributed by atoms with E-state index in [9.17, 15) is 0 Å². The second kappa shape index (κ2) is 6.32. The topological polar surface area (TPSA) is 58.0 Å². The van der Waals surface area contributed by atoms with Crippen molar-refractivity contribution in [2.45, 2.75) is 20.3 Å². The van der Waals surface area contributed by atoms with E-state index in [0.717, 1.165) is 54.8 Å². The van der Waals surface area contributed by atoms with Crippen LogP contribution in [0.25, 0.3) is 10.2 Å². The third kappa shape index (κ3) is 2.80. The molecule has 124 valence electrons. The minimum atomic E-state index is 0.850. The molecule has 7 heteroatoms. The minimum absolute atomic E-state index is 0.850. The molecule has 0 aromatic carbocycles. The van der Waals surface area contributed by atoms with Crippen molar-refractivity contribution in [3.05, 3.63) is 35.2 Å². The van der Waals surface area contributed by atoms with Crippen molar-refractivity contribution < 1.29 is 0 Å². The monoisotopic (exact) mass is 340 g/mol. The van der Waals surface area contributed by atoms with Crippen molar-refractivity contribution in [3.8, 4) is 0 Å². The Balaban J connectivity index is 1.59. The summed E-state index contributed by atoms with van der Waals surface area (Å²) in [4.78, 5) is 16.6. The van der Waals surface area contributed by atoms with Gasteiger partial charge in [0.2, 0.25) is 0 Å². The number of thiophene rings is 1. The van der Waals surface area contributed by atoms with Gasteiger partial charge in [0.25, 0.3) is 0 Å². The van der Waals surface area contributed by atoms with Crippen LogP contribution >= 0.6 is 11.3 Å². The first-order valence-electron chi connectivity index (χ1n) is 8.28. The highest BCUT2D eigenvalue weighted by Gasteiger charge is 2.21. The Kier molecular flexibility index (Phi) is 4.02. The Morgan fingerprint density at radius 1 is 1.08 bits per heavy atom. The Bertz CT molecular complexity index is 839. The van der Waals surface area contributed by atoms with Gasteiger partial charge in [-0.15, -0.1) is 11.3 Å². The summed E-state index contributed by atoms with van der Waals surface area (Å²) in [5.74, 6) is 1.93. The molecule has 0 bridgehead atoms. The fourth-order valence-corrected chi connectivity index (χ4v) is 4.13. The Labute approximate surface area is 145 Å². The number of nitrogens with zero attached hydrogens (tertiary/aromatic N) is 6. The first kappa shape index (κ1) is 15.3. The maximum atomic E-state index is 4.75. The van der Waals surface area contributed by atoms with Gasteiger partial charge >= 0.3 is 0 Å². The van der Waals surface area contributed by atoms with Crippen LogP contribution < -0.4 is 9.80 Å². The fourth-order valence-electron chi connectivity index (χ4n) is 3.12. The van der Waals surface area contributed by atoms with Crippen molar-refractivity contribution in [1.82, 2.24) is 20.2 Å². The van der Waals surface area contributed by atoms with E-state index in [1.54, 1.807) is 17.5 Å². The standard InChI is InChI=1S/C17H20N6S/c1-3-14-10-15-16(20-12(2)21-17(15)24-14)23-8-6-22(7-9-23)13-4-5-18-19-11-13/h4-5,10-11H,3,6-9H2,1-2H3. The summed E-state index contributed by atoms with van der Waals surface area (Å²) < 4.78 is 0. The summed E-state index contributed by atoms with van der Waals surface area (Å²) in [6, 6.07) is 4.27. The fraction of sp³-hybridized carbons (Fsp3) is 0.412. The maximum Gasteiger partial charge on any atom is 0.141 e. The molecule has 1 aliphatic rings. The first-order chi connectivity index (χ1) is 11.7. The van der Waals surface area contributed by atoms with E-state index < -0.39 is 0 Å². The maximum absolute atomic E-state index is 4.75. The van der Waals surface area contributed by atoms with E-state index in [2.05, 4.69) is 38.0 Å². The number of hydrogen-bond acceptors (Lipinski definition) is 7. The van der Waals surface area contributed by atoms with Gasteiger partial charge in [-0.25, -0.2) is 9.97 Å². The van der Waals surface area contributed by atoms with Crippen LogP contribution in [0, 0.1) is 6.92 Å². The quantitative estimate of drug-likeness (QED) is 0.731. The molecule has 24 heavy (non-hydrogen) atoms. The minimum Gasteiger partial charge on any atom is -0.367 e. The van der Waals surface area contributed by atoms with Gasteiger partial charge < -0.3 is 9.80 Å². The van der Waals surface area contributed by atoms with E-state index in [4.69, 9.17) is 4.98 Å². The normalized spacial score (nSPS) is 15.2. The molecular weight excluding hydrogens is 320 g/mol. The zero-order valence-electron chi connectivity index (χ0n) is 13.9. The molecule has 1 saturated heterocycles. The van der Waals surface area contributed by atoms with Gasteiger partial charge in [0.1, 0.15) is 16.5 Å². The van der Waals surface area contributed by atoms with Gasteiger partial charge in [0.15, 0.2) is 0 Å². The van der Waals surface area contributed by atoms with Crippen molar-refractivity contribution in [2.24, 2.45) is 0 Å². The predicted molar refractivity (Wildman–Crippen MR) is 98.0 cm³/mol. The lowest BCUT2D eigenvalue weighted by Crippen LogP contribution is -2.47. The molecule has 1 fully saturated rings. The van der Waals surface area contributed by atoms with Gasteiger partial charge in [-0.1, -0.05) is 6.92 Å². The zero-order chi connectivity index (χ0) is 16.5. The van der Waals surface area contributed by atoms with E-state index in [1.807, 2.05) is 19.2 Å². The molecule has 0 amide bonds. The van der Waals surface area contributed by atoms with Crippen LogP contribution in [0.5, 0.6) is 0 Å². The van der Waals surface area contributed by atoms with E-state index in [-0.39, 0.29) is 0 Å². The molecule has 0 unspecified atom stereocenters. The smallest absolute Gasteiger partial charge is 0.141 e. The number of aromatic nitrogens is 4. The third-order valence-electron chi connectivity index (χ3n) is 4.40. The number of aryl methyl sites for hydroxylation is 2. The molecule has 3 aromatic rings. The number of anilines is 2. The molecule has 0 spiro atoms.